The van der Waals surface area contributed by atoms with Crippen LogP contribution in [0.1, 0.15) is 19.4 Å². The molecular weight excluding hydrogens is 308 g/mol. The number of nitrogens with zero attached hydrogens (tertiary/aromatic N) is 2. The van der Waals surface area contributed by atoms with Crippen molar-refractivity contribution in [2.45, 2.75) is 25.9 Å². The van der Waals surface area contributed by atoms with Crippen LogP contribution in [0.3, 0.4) is 0 Å². The number of benzene rings is 1. The van der Waals surface area contributed by atoms with Crippen molar-refractivity contribution < 1.29 is 8.42 Å². The summed E-state index contributed by atoms with van der Waals surface area (Å²) in [6, 6.07) is 7.31. The Morgan fingerprint density at radius 1 is 1.48 bits per heavy atom. The minimum Gasteiger partial charge on any atom is -0.331 e. The minimum atomic E-state index is -3.32. The fourth-order valence-electron chi connectivity index (χ4n) is 2.31. The Morgan fingerprint density at radius 3 is 2.71 bits per heavy atom. The molecule has 0 unspecified atom stereocenters. The van der Waals surface area contributed by atoms with Crippen LogP contribution in [-0.2, 0) is 16.6 Å². The second-order valence-corrected chi connectivity index (χ2v) is 7.75. The lowest BCUT2D eigenvalue weighted by molar-refractivity contribution is 0.394. The lowest BCUT2D eigenvalue weighted by Crippen LogP contribution is -2.46. The lowest BCUT2D eigenvalue weighted by atomic mass is 10.1. The van der Waals surface area contributed by atoms with E-state index in [1.807, 2.05) is 0 Å². The molecule has 0 aliphatic carbocycles. The second-order valence-electron chi connectivity index (χ2n) is 5.62. The van der Waals surface area contributed by atoms with Gasteiger partial charge in [-0.2, -0.15) is 5.26 Å². The molecule has 2 N–H and O–H groups in total. The monoisotopic (exact) mass is 324 g/mol. The zero-order valence-electron chi connectivity index (χ0n) is 12.0. The smallest absolute Gasteiger partial charge is 0.209 e. The van der Waals surface area contributed by atoms with Crippen LogP contribution < -0.4 is 4.72 Å². The third kappa shape index (κ3) is 3.69. The summed E-state index contributed by atoms with van der Waals surface area (Å²) in [4.78, 5) is 3.05. The minimum absolute atomic E-state index is 0.355. The van der Waals surface area contributed by atoms with Crippen molar-refractivity contribution in [1.29, 1.82) is 5.26 Å². The molecule has 0 saturated carbocycles. The quantitative estimate of drug-likeness (QED) is 0.840. The third-order valence-corrected chi connectivity index (χ3v) is 4.17. The maximum atomic E-state index is 11.4. The van der Waals surface area contributed by atoms with Crippen LogP contribution in [0.15, 0.2) is 18.2 Å². The van der Waals surface area contributed by atoms with Crippen LogP contribution in [0.5, 0.6) is 0 Å². The number of nitriles is 1. The third-order valence-electron chi connectivity index (χ3n) is 2.92. The van der Waals surface area contributed by atoms with Gasteiger partial charge in [0.05, 0.1) is 28.9 Å². The highest BCUT2D eigenvalue weighted by Crippen LogP contribution is 2.19. The molecule has 1 aromatic heterocycles. The van der Waals surface area contributed by atoms with Crippen molar-refractivity contribution in [3.63, 3.8) is 0 Å². The first-order valence-electron chi connectivity index (χ1n) is 6.23. The van der Waals surface area contributed by atoms with E-state index >= 15 is 0 Å². The van der Waals surface area contributed by atoms with Crippen LogP contribution in [-0.4, -0.2) is 29.8 Å². The first kappa shape index (κ1) is 15.7. The molecule has 1 aromatic carbocycles. The average molecular weight is 324 g/mol. The van der Waals surface area contributed by atoms with E-state index in [1.165, 1.54) is 0 Å². The van der Waals surface area contributed by atoms with Crippen LogP contribution in [0, 0.1) is 16.1 Å². The number of hydrogen-bond donors (Lipinski definition) is 2. The highest BCUT2D eigenvalue weighted by molar-refractivity contribution is 7.88. The van der Waals surface area contributed by atoms with Crippen LogP contribution in [0.4, 0.5) is 0 Å². The number of aromatic nitrogens is 2. The highest BCUT2D eigenvalue weighted by atomic mass is 32.2. The Hall–Kier alpha value is -1.69. The molecule has 0 saturated heterocycles. The van der Waals surface area contributed by atoms with E-state index in [0.29, 0.717) is 16.9 Å². The van der Waals surface area contributed by atoms with Gasteiger partial charge in [-0.25, -0.2) is 13.1 Å². The number of sulfonamides is 1. The first-order chi connectivity index (χ1) is 9.61. The van der Waals surface area contributed by atoms with Gasteiger partial charge in [0.2, 0.25) is 10.0 Å². The molecule has 8 heteroatoms. The molecule has 0 bridgehead atoms. The fraction of sp³-hybridized carbons (Fsp3) is 0.385. The molecule has 0 atom stereocenters. The highest BCUT2D eigenvalue weighted by Gasteiger charge is 2.24. The topological polar surface area (TPSA) is 90.7 Å². The summed E-state index contributed by atoms with van der Waals surface area (Å²) in [5.74, 6) is 0. The Labute approximate surface area is 128 Å². The van der Waals surface area contributed by atoms with Gasteiger partial charge in [0.15, 0.2) is 4.77 Å². The summed E-state index contributed by atoms with van der Waals surface area (Å²) in [5.41, 5.74) is 1.42. The SMILES string of the molecule is CC(C)(Cn1c(=S)[nH]c2ccc(C#N)cc21)NS(C)(=O)=O. The normalized spacial score (nSPS) is 12.5. The predicted molar refractivity (Wildman–Crippen MR) is 83.9 cm³/mol. The van der Waals surface area contributed by atoms with Gasteiger partial charge in [0.25, 0.3) is 0 Å². The average Bonchev–Trinajstić information content (AvgIpc) is 2.62. The molecule has 21 heavy (non-hydrogen) atoms. The van der Waals surface area contributed by atoms with E-state index in [9.17, 15) is 8.42 Å². The van der Waals surface area contributed by atoms with Gasteiger partial charge < -0.3 is 9.55 Å². The number of fused-ring (bicyclic) bond motifs is 1. The van der Waals surface area contributed by atoms with Crippen molar-refractivity contribution in [2.75, 3.05) is 6.26 Å². The van der Waals surface area contributed by atoms with Crippen molar-refractivity contribution >= 4 is 33.3 Å². The number of H-pyrrole nitrogens is 1. The van der Waals surface area contributed by atoms with E-state index in [2.05, 4.69) is 15.8 Å². The summed E-state index contributed by atoms with van der Waals surface area (Å²) >= 11 is 5.29. The van der Waals surface area contributed by atoms with E-state index in [-0.39, 0.29) is 0 Å². The van der Waals surface area contributed by atoms with Crippen molar-refractivity contribution in [3.05, 3.63) is 28.5 Å². The fourth-order valence-corrected chi connectivity index (χ4v) is 3.65. The number of rotatable bonds is 4. The van der Waals surface area contributed by atoms with Gasteiger partial charge >= 0.3 is 0 Å². The molecule has 0 spiro atoms. The zero-order chi connectivity index (χ0) is 15.8. The maximum absolute atomic E-state index is 11.4. The largest absolute Gasteiger partial charge is 0.331 e. The predicted octanol–water partition coefficient (Wildman–Crippen LogP) is 1.90. The van der Waals surface area contributed by atoms with Crippen molar-refractivity contribution in [2.24, 2.45) is 0 Å². The van der Waals surface area contributed by atoms with Crippen LogP contribution in [0.2, 0.25) is 0 Å². The Balaban J connectivity index is 2.49. The molecule has 0 radical (unpaired) electrons. The van der Waals surface area contributed by atoms with Gasteiger partial charge in [-0.05, 0) is 44.3 Å². The summed E-state index contributed by atoms with van der Waals surface area (Å²) in [7, 11) is -3.32. The van der Waals surface area contributed by atoms with Crippen LogP contribution in [0.25, 0.3) is 11.0 Å². The Bertz CT molecular complexity index is 885. The molecule has 6 nitrogen and oxygen atoms in total. The van der Waals surface area contributed by atoms with Gasteiger partial charge in [-0.15, -0.1) is 0 Å². The Kier molecular flexibility index (Phi) is 3.93. The van der Waals surface area contributed by atoms with E-state index in [1.54, 1.807) is 36.6 Å². The summed E-state index contributed by atoms with van der Waals surface area (Å²) < 4.78 is 27.7. The van der Waals surface area contributed by atoms with Gasteiger partial charge in [-0.3, -0.25) is 0 Å². The molecule has 0 aliphatic heterocycles. The number of hydrogen-bond acceptors (Lipinski definition) is 4. The molecule has 0 amide bonds. The lowest BCUT2D eigenvalue weighted by Gasteiger charge is -2.25. The molecule has 2 aromatic rings. The standard InChI is InChI=1S/C13H16N4O2S2/c1-13(2,16-21(3,18)19)8-17-11-6-9(7-14)4-5-10(11)15-12(17)20/h4-6,16H,8H2,1-3H3,(H,15,20). The zero-order valence-corrected chi connectivity index (χ0v) is 13.6. The number of aromatic amines is 1. The van der Waals surface area contributed by atoms with Crippen molar-refractivity contribution in [1.82, 2.24) is 14.3 Å². The number of nitrogens with one attached hydrogen (secondary N) is 2. The molecular formula is C13H16N4O2S2. The molecule has 112 valence electrons. The van der Waals surface area contributed by atoms with E-state index in [0.717, 1.165) is 17.3 Å². The van der Waals surface area contributed by atoms with Crippen LogP contribution >= 0.6 is 12.2 Å². The molecule has 0 fully saturated rings. The number of imidazole rings is 1. The maximum Gasteiger partial charge on any atom is 0.209 e. The van der Waals surface area contributed by atoms with Gasteiger partial charge in [0.1, 0.15) is 0 Å². The second kappa shape index (κ2) is 5.26. The molecule has 1 heterocycles. The first-order valence-corrected chi connectivity index (χ1v) is 8.53. The van der Waals surface area contributed by atoms with E-state index < -0.39 is 15.6 Å². The van der Waals surface area contributed by atoms with Gasteiger partial charge in [-0.1, -0.05) is 0 Å². The molecule has 0 aliphatic rings. The van der Waals surface area contributed by atoms with Gasteiger partial charge in [0, 0.05) is 12.1 Å². The van der Waals surface area contributed by atoms with Crippen molar-refractivity contribution in [3.8, 4) is 6.07 Å². The summed E-state index contributed by atoms with van der Waals surface area (Å²) in [6.45, 7) is 3.92. The van der Waals surface area contributed by atoms with E-state index in [4.69, 9.17) is 17.5 Å². The molecule has 2 rings (SSSR count). The summed E-state index contributed by atoms with van der Waals surface area (Å²) in [5, 5.41) is 8.99. The summed E-state index contributed by atoms with van der Waals surface area (Å²) in [6.07, 6.45) is 1.12. The Morgan fingerprint density at radius 2 is 2.14 bits per heavy atom.